The number of amides is 2. The maximum atomic E-state index is 12.3. The normalized spacial score (nSPS) is 11.5. The van der Waals surface area contributed by atoms with Gasteiger partial charge >= 0.3 is 6.03 Å². The number of ether oxygens (including phenoxy) is 2. The van der Waals surface area contributed by atoms with Crippen molar-refractivity contribution in [3.8, 4) is 11.5 Å². The summed E-state index contributed by atoms with van der Waals surface area (Å²) in [4.78, 5) is 12.3. The van der Waals surface area contributed by atoms with E-state index in [4.69, 9.17) is 9.47 Å². The summed E-state index contributed by atoms with van der Waals surface area (Å²) in [6, 6.07) is 14.9. The third-order valence-corrected chi connectivity index (χ3v) is 4.32. The van der Waals surface area contributed by atoms with Crippen LogP contribution in [-0.2, 0) is 0 Å². The number of unbranched alkanes of at least 4 members (excludes halogenated alkanes) is 3. The molecule has 1 atom stereocenters. The summed E-state index contributed by atoms with van der Waals surface area (Å²) in [5.41, 5.74) is 1.72. The molecular weight excluding hydrogens is 340 g/mol. The van der Waals surface area contributed by atoms with Gasteiger partial charge in [-0.25, -0.2) is 4.79 Å². The molecule has 0 saturated carbocycles. The van der Waals surface area contributed by atoms with Gasteiger partial charge in [-0.3, -0.25) is 0 Å². The first-order valence-corrected chi connectivity index (χ1v) is 9.57. The molecule has 0 heterocycles. The molecule has 5 heteroatoms. The molecule has 27 heavy (non-hydrogen) atoms. The number of anilines is 1. The molecule has 0 aliphatic heterocycles. The lowest BCUT2D eigenvalue weighted by atomic mass is 10.1. The standard InChI is InChI=1S/C22H30N2O3/c1-4-5-6-10-15-27-21-16-19(13-14-20(21)26-3)24-22(25)23-17(2)18-11-8-7-9-12-18/h7-9,11-14,16-17H,4-6,10,15H2,1-3H3,(H2,23,24,25)/t17-/m0/s1. The highest BCUT2D eigenvalue weighted by molar-refractivity contribution is 5.89. The van der Waals surface area contributed by atoms with Crippen LogP contribution in [0.3, 0.4) is 0 Å². The lowest BCUT2D eigenvalue weighted by Crippen LogP contribution is -2.31. The highest BCUT2D eigenvalue weighted by Crippen LogP contribution is 2.30. The van der Waals surface area contributed by atoms with Crippen LogP contribution < -0.4 is 20.1 Å². The van der Waals surface area contributed by atoms with Gasteiger partial charge in [-0.1, -0.05) is 56.5 Å². The number of carbonyl (C=O) groups is 1. The van der Waals surface area contributed by atoms with E-state index in [1.165, 1.54) is 12.8 Å². The first kappa shape index (κ1) is 20.6. The van der Waals surface area contributed by atoms with E-state index in [1.807, 2.05) is 37.3 Å². The Hall–Kier alpha value is -2.69. The molecule has 0 aliphatic rings. The molecule has 0 aliphatic carbocycles. The lowest BCUT2D eigenvalue weighted by Gasteiger charge is -2.16. The first-order valence-electron chi connectivity index (χ1n) is 9.57. The Kier molecular flexibility index (Phi) is 8.49. The molecule has 0 fully saturated rings. The number of hydrogen-bond donors (Lipinski definition) is 2. The molecule has 2 aromatic rings. The van der Waals surface area contributed by atoms with Crippen LogP contribution in [0.25, 0.3) is 0 Å². The van der Waals surface area contributed by atoms with Crippen LogP contribution in [0.1, 0.15) is 51.1 Å². The monoisotopic (exact) mass is 370 g/mol. The molecule has 2 rings (SSSR count). The van der Waals surface area contributed by atoms with Crippen molar-refractivity contribution in [2.75, 3.05) is 19.0 Å². The van der Waals surface area contributed by atoms with Gasteiger partial charge in [0.1, 0.15) is 0 Å². The van der Waals surface area contributed by atoms with E-state index in [9.17, 15) is 4.79 Å². The third kappa shape index (κ3) is 6.85. The largest absolute Gasteiger partial charge is 0.493 e. The zero-order valence-corrected chi connectivity index (χ0v) is 16.5. The van der Waals surface area contributed by atoms with Crippen LogP contribution >= 0.6 is 0 Å². The smallest absolute Gasteiger partial charge is 0.319 e. The minimum absolute atomic E-state index is 0.0845. The van der Waals surface area contributed by atoms with Crippen molar-refractivity contribution in [2.45, 2.75) is 45.6 Å². The van der Waals surface area contributed by atoms with E-state index in [-0.39, 0.29) is 12.1 Å². The topological polar surface area (TPSA) is 59.6 Å². The van der Waals surface area contributed by atoms with E-state index in [0.29, 0.717) is 23.8 Å². The molecule has 5 nitrogen and oxygen atoms in total. The number of urea groups is 1. The summed E-state index contributed by atoms with van der Waals surface area (Å²) >= 11 is 0. The third-order valence-electron chi connectivity index (χ3n) is 4.32. The van der Waals surface area contributed by atoms with Gasteiger partial charge in [0.15, 0.2) is 11.5 Å². The van der Waals surface area contributed by atoms with E-state index in [2.05, 4.69) is 17.6 Å². The molecule has 0 aromatic heterocycles. The summed E-state index contributed by atoms with van der Waals surface area (Å²) in [7, 11) is 1.61. The molecule has 0 saturated heterocycles. The van der Waals surface area contributed by atoms with Crippen LogP contribution in [0.5, 0.6) is 11.5 Å². The summed E-state index contributed by atoms with van der Waals surface area (Å²) in [6.45, 7) is 4.77. The fourth-order valence-electron chi connectivity index (χ4n) is 2.77. The summed E-state index contributed by atoms with van der Waals surface area (Å²) < 4.78 is 11.2. The molecule has 0 unspecified atom stereocenters. The number of nitrogens with one attached hydrogen (secondary N) is 2. The van der Waals surface area contributed by atoms with Crippen LogP contribution in [0.4, 0.5) is 10.5 Å². The lowest BCUT2D eigenvalue weighted by molar-refractivity contribution is 0.249. The van der Waals surface area contributed by atoms with Crippen molar-refractivity contribution in [1.29, 1.82) is 0 Å². The Morgan fingerprint density at radius 2 is 1.81 bits per heavy atom. The van der Waals surface area contributed by atoms with Gasteiger partial charge in [0.05, 0.1) is 19.8 Å². The predicted octanol–water partition coefficient (Wildman–Crippen LogP) is 5.54. The number of benzene rings is 2. The Morgan fingerprint density at radius 3 is 2.52 bits per heavy atom. The molecule has 2 N–H and O–H groups in total. The SMILES string of the molecule is CCCCCCOc1cc(NC(=O)N[C@@H](C)c2ccccc2)ccc1OC. The average Bonchev–Trinajstić information content (AvgIpc) is 2.68. The fourth-order valence-corrected chi connectivity index (χ4v) is 2.77. The van der Waals surface area contributed by atoms with Crippen molar-refractivity contribution in [3.63, 3.8) is 0 Å². The second kappa shape index (κ2) is 11.1. The Balaban J connectivity index is 1.93. The van der Waals surface area contributed by atoms with Crippen LogP contribution in [0.15, 0.2) is 48.5 Å². The second-order valence-electron chi connectivity index (χ2n) is 6.51. The van der Waals surface area contributed by atoms with Gasteiger partial charge in [-0.15, -0.1) is 0 Å². The number of rotatable bonds is 10. The van der Waals surface area contributed by atoms with E-state index in [0.717, 1.165) is 18.4 Å². The van der Waals surface area contributed by atoms with Gasteiger partial charge in [0, 0.05) is 11.8 Å². The molecule has 0 spiro atoms. The molecule has 2 aromatic carbocycles. The predicted molar refractivity (Wildman–Crippen MR) is 110 cm³/mol. The maximum Gasteiger partial charge on any atom is 0.319 e. The Labute approximate surface area is 162 Å². The van der Waals surface area contributed by atoms with E-state index < -0.39 is 0 Å². The van der Waals surface area contributed by atoms with E-state index in [1.54, 1.807) is 25.3 Å². The number of hydrogen-bond acceptors (Lipinski definition) is 3. The van der Waals surface area contributed by atoms with Crippen LogP contribution in [-0.4, -0.2) is 19.7 Å². The van der Waals surface area contributed by atoms with Crippen molar-refractivity contribution in [1.82, 2.24) is 5.32 Å². The van der Waals surface area contributed by atoms with Crippen LogP contribution in [0.2, 0.25) is 0 Å². The van der Waals surface area contributed by atoms with Gasteiger partial charge in [0.25, 0.3) is 0 Å². The minimum atomic E-state index is -0.259. The maximum absolute atomic E-state index is 12.3. The van der Waals surface area contributed by atoms with Crippen molar-refractivity contribution >= 4 is 11.7 Å². The van der Waals surface area contributed by atoms with Crippen molar-refractivity contribution in [2.24, 2.45) is 0 Å². The highest BCUT2D eigenvalue weighted by Gasteiger charge is 2.11. The summed E-state index contributed by atoms with van der Waals surface area (Å²) in [5.74, 6) is 1.30. The highest BCUT2D eigenvalue weighted by atomic mass is 16.5. The van der Waals surface area contributed by atoms with Gasteiger partial charge in [-0.2, -0.15) is 0 Å². The number of methoxy groups -OCH3 is 1. The Morgan fingerprint density at radius 1 is 1.04 bits per heavy atom. The first-order chi connectivity index (χ1) is 13.1. The van der Waals surface area contributed by atoms with Gasteiger partial charge in [-0.05, 0) is 31.0 Å². The molecule has 2 amide bonds. The Bertz CT molecular complexity index is 704. The molecular formula is C22H30N2O3. The zero-order valence-electron chi connectivity index (χ0n) is 16.5. The van der Waals surface area contributed by atoms with Gasteiger partial charge in [0.2, 0.25) is 0 Å². The van der Waals surface area contributed by atoms with Crippen LogP contribution in [0, 0.1) is 0 Å². The zero-order chi connectivity index (χ0) is 19.5. The fraction of sp³-hybridized carbons (Fsp3) is 0.409. The van der Waals surface area contributed by atoms with Crippen molar-refractivity contribution in [3.05, 3.63) is 54.1 Å². The molecule has 146 valence electrons. The number of carbonyl (C=O) groups excluding carboxylic acids is 1. The summed E-state index contributed by atoms with van der Waals surface area (Å²) in [5, 5.41) is 5.80. The summed E-state index contributed by atoms with van der Waals surface area (Å²) in [6.07, 6.45) is 4.56. The quantitative estimate of drug-likeness (QED) is 0.540. The van der Waals surface area contributed by atoms with E-state index >= 15 is 0 Å². The van der Waals surface area contributed by atoms with Crippen molar-refractivity contribution < 1.29 is 14.3 Å². The minimum Gasteiger partial charge on any atom is -0.493 e. The molecule has 0 radical (unpaired) electrons. The van der Waals surface area contributed by atoms with Gasteiger partial charge < -0.3 is 20.1 Å². The second-order valence-corrected chi connectivity index (χ2v) is 6.51. The molecule has 0 bridgehead atoms. The average molecular weight is 370 g/mol.